The molecule has 1 saturated carbocycles. The van der Waals surface area contributed by atoms with Gasteiger partial charge >= 0.3 is 6.01 Å². The summed E-state index contributed by atoms with van der Waals surface area (Å²) in [6.45, 7) is 1.84. The molecule has 0 bridgehead atoms. The SMILES string of the molecule is CCC(=O)NC1CCC(Oc2ncc(F)cn2)CC1. The monoisotopic (exact) mass is 267 g/mol. The van der Waals surface area contributed by atoms with Crippen molar-refractivity contribution in [3.05, 3.63) is 18.2 Å². The van der Waals surface area contributed by atoms with E-state index in [1.807, 2.05) is 6.92 Å². The van der Waals surface area contributed by atoms with Gasteiger partial charge < -0.3 is 10.1 Å². The fraction of sp³-hybridized carbons (Fsp3) is 0.615. The van der Waals surface area contributed by atoms with Crippen molar-refractivity contribution in [2.24, 2.45) is 0 Å². The van der Waals surface area contributed by atoms with Crippen LogP contribution >= 0.6 is 0 Å². The van der Waals surface area contributed by atoms with Gasteiger partial charge in [-0.15, -0.1) is 0 Å². The van der Waals surface area contributed by atoms with E-state index in [9.17, 15) is 9.18 Å². The van der Waals surface area contributed by atoms with Crippen molar-refractivity contribution in [3.8, 4) is 6.01 Å². The molecule has 5 nitrogen and oxygen atoms in total. The molecule has 2 rings (SSSR count). The van der Waals surface area contributed by atoms with Crippen LogP contribution in [-0.4, -0.2) is 28.0 Å². The normalized spacial score (nSPS) is 22.8. The third kappa shape index (κ3) is 4.15. The van der Waals surface area contributed by atoms with Gasteiger partial charge in [-0.05, 0) is 25.7 Å². The van der Waals surface area contributed by atoms with E-state index in [-0.39, 0.29) is 24.1 Å². The minimum Gasteiger partial charge on any atom is -0.460 e. The maximum absolute atomic E-state index is 12.7. The summed E-state index contributed by atoms with van der Waals surface area (Å²) in [6, 6.07) is 0.448. The third-order valence-electron chi connectivity index (χ3n) is 3.23. The van der Waals surface area contributed by atoms with Gasteiger partial charge in [-0.2, -0.15) is 0 Å². The number of ether oxygens (including phenoxy) is 1. The molecule has 0 saturated heterocycles. The summed E-state index contributed by atoms with van der Waals surface area (Å²) in [5, 5.41) is 2.99. The van der Waals surface area contributed by atoms with E-state index in [2.05, 4.69) is 15.3 Å². The second-order valence-electron chi connectivity index (χ2n) is 4.70. The largest absolute Gasteiger partial charge is 0.460 e. The number of hydrogen-bond acceptors (Lipinski definition) is 4. The van der Waals surface area contributed by atoms with Crippen LogP contribution in [0.1, 0.15) is 39.0 Å². The van der Waals surface area contributed by atoms with Crippen LogP contribution in [0.2, 0.25) is 0 Å². The summed E-state index contributed by atoms with van der Waals surface area (Å²) < 4.78 is 18.2. The Morgan fingerprint density at radius 2 is 2.00 bits per heavy atom. The first-order valence-electron chi connectivity index (χ1n) is 6.61. The van der Waals surface area contributed by atoms with Crippen LogP contribution in [-0.2, 0) is 4.79 Å². The van der Waals surface area contributed by atoms with Crippen molar-refractivity contribution in [3.63, 3.8) is 0 Å². The number of carbonyl (C=O) groups is 1. The smallest absolute Gasteiger partial charge is 0.316 e. The van der Waals surface area contributed by atoms with Gasteiger partial charge in [-0.3, -0.25) is 4.79 Å². The Labute approximate surface area is 111 Å². The number of rotatable bonds is 4. The lowest BCUT2D eigenvalue weighted by molar-refractivity contribution is -0.121. The maximum Gasteiger partial charge on any atom is 0.316 e. The fourth-order valence-corrected chi connectivity index (χ4v) is 2.17. The first-order valence-corrected chi connectivity index (χ1v) is 6.61. The topological polar surface area (TPSA) is 64.1 Å². The van der Waals surface area contributed by atoms with Gasteiger partial charge in [-0.25, -0.2) is 14.4 Å². The van der Waals surface area contributed by atoms with Crippen LogP contribution in [0.5, 0.6) is 6.01 Å². The number of amides is 1. The van der Waals surface area contributed by atoms with Gasteiger partial charge in [0, 0.05) is 12.5 Å². The summed E-state index contributed by atoms with van der Waals surface area (Å²) in [4.78, 5) is 18.8. The Morgan fingerprint density at radius 3 is 2.58 bits per heavy atom. The summed E-state index contributed by atoms with van der Waals surface area (Å²) in [6.07, 6.45) is 6.20. The third-order valence-corrected chi connectivity index (χ3v) is 3.23. The van der Waals surface area contributed by atoms with Crippen LogP contribution in [0.25, 0.3) is 0 Å². The molecule has 104 valence electrons. The zero-order chi connectivity index (χ0) is 13.7. The lowest BCUT2D eigenvalue weighted by atomic mass is 9.93. The minimum atomic E-state index is -0.474. The molecule has 1 aliphatic carbocycles. The van der Waals surface area contributed by atoms with E-state index in [4.69, 9.17) is 4.74 Å². The molecule has 1 fully saturated rings. The van der Waals surface area contributed by atoms with Crippen molar-refractivity contribution in [2.45, 2.75) is 51.2 Å². The average molecular weight is 267 g/mol. The lowest BCUT2D eigenvalue weighted by Gasteiger charge is -2.28. The first-order chi connectivity index (χ1) is 9.17. The summed E-state index contributed by atoms with van der Waals surface area (Å²) in [5.41, 5.74) is 0. The molecule has 1 aliphatic rings. The number of nitrogens with one attached hydrogen (secondary N) is 1. The maximum atomic E-state index is 12.7. The highest BCUT2D eigenvalue weighted by molar-refractivity contribution is 5.75. The van der Waals surface area contributed by atoms with Gasteiger partial charge in [0.05, 0.1) is 12.4 Å². The van der Waals surface area contributed by atoms with Crippen molar-refractivity contribution in [1.29, 1.82) is 0 Å². The van der Waals surface area contributed by atoms with E-state index in [0.717, 1.165) is 38.1 Å². The van der Waals surface area contributed by atoms with Crippen molar-refractivity contribution < 1.29 is 13.9 Å². The van der Waals surface area contributed by atoms with Gasteiger partial charge in [0.15, 0.2) is 5.82 Å². The molecular weight excluding hydrogens is 249 g/mol. The van der Waals surface area contributed by atoms with Crippen molar-refractivity contribution in [1.82, 2.24) is 15.3 Å². The second kappa shape index (κ2) is 6.45. The molecular formula is C13H18FN3O2. The van der Waals surface area contributed by atoms with E-state index >= 15 is 0 Å². The molecule has 0 aliphatic heterocycles. The minimum absolute atomic E-state index is 0.0419. The molecule has 1 amide bonds. The quantitative estimate of drug-likeness (QED) is 0.904. The molecule has 0 radical (unpaired) electrons. The molecule has 1 N–H and O–H groups in total. The van der Waals surface area contributed by atoms with Gasteiger partial charge in [0.25, 0.3) is 0 Å². The zero-order valence-corrected chi connectivity index (χ0v) is 10.9. The highest BCUT2D eigenvalue weighted by Crippen LogP contribution is 2.22. The Balaban J connectivity index is 1.77. The van der Waals surface area contributed by atoms with E-state index in [1.54, 1.807) is 0 Å². The second-order valence-corrected chi connectivity index (χ2v) is 4.70. The molecule has 1 heterocycles. The lowest BCUT2D eigenvalue weighted by Crippen LogP contribution is -2.39. The molecule has 1 aromatic rings. The average Bonchev–Trinajstić information content (AvgIpc) is 2.43. The van der Waals surface area contributed by atoms with Gasteiger partial charge in [0.2, 0.25) is 5.91 Å². The number of halogens is 1. The van der Waals surface area contributed by atoms with E-state index < -0.39 is 5.82 Å². The predicted molar refractivity (Wildman–Crippen MR) is 67.1 cm³/mol. The van der Waals surface area contributed by atoms with Crippen molar-refractivity contribution >= 4 is 5.91 Å². The van der Waals surface area contributed by atoms with Gasteiger partial charge in [0.1, 0.15) is 6.10 Å². The number of carbonyl (C=O) groups excluding carboxylic acids is 1. The molecule has 19 heavy (non-hydrogen) atoms. The predicted octanol–water partition coefficient (Wildman–Crippen LogP) is 1.83. The highest BCUT2D eigenvalue weighted by Gasteiger charge is 2.23. The number of aromatic nitrogens is 2. The Morgan fingerprint density at radius 1 is 1.37 bits per heavy atom. The van der Waals surface area contributed by atoms with Crippen LogP contribution < -0.4 is 10.1 Å². The van der Waals surface area contributed by atoms with Crippen LogP contribution in [0.4, 0.5) is 4.39 Å². The molecule has 6 heteroatoms. The summed E-state index contributed by atoms with van der Waals surface area (Å²) in [5.74, 6) is -0.385. The molecule has 1 aromatic heterocycles. The van der Waals surface area contributed by atoms with Crippen LogP contribution in [0, 0.1) is 5.82 Å². The van der Waals surface area contributed by atoms with Gasteiger partial charge in [-0.1, -0.05) is 6.92 Å². The van der Waals surface area contributed by atoms with E-state index in [1.165, 1.54) is 0 Å². The Kier molecular flexibility index (Phi) is 4.65. The van der Waals surface area contributed by atoms with E-state index in [0.29, 0.717) is 6.42 Å². The number of nitrogens with zero attached hydrogens (tertiary/aromatic N) is 2. The molecule has 0 atom stereocenters. The standard InChI is InChI=1S/C13H18FN3O2/c1-2-12(18)17-10-3-5-11(6-4-10)19-13-15-7-9(14)8-16-13/h7-8,10-11H,2-6H2,1H3,(H,17,18). The molecule has 0 unspecified atom stereocenters. The van der Waals surface area contributed by atoms with Crippen LogP contribution in [0.3, 0.4) is 0 Å². The fourth-order valence-electron chi connectivity index (χ4n) is 2.17. The Bertz CT molecular complexity index is 416. The zero-order valence-electron chi connectivity index (χ0n) is 10.9. The first kappa shape index (κ1) is 13.7. The number of hydrogen-bond donors (Lipinski definition) is 1. The van der Waals surface area contributed by atoms with Crippen LogP contribution in [0.15, 0.2) is 12.4 Å². The highest BCUT2D eigenvalue weighted by atomic mass is 19.1. The summed E-state index contributed by atoms with van der Waals surface area (Å²) in [7, 11) is 0. The Hall–Kier alpha value is -1.72. The molecule has 0 spiro atoms. The molecule has 0 aromatic carbocycles. The summed E-state index contributed by atoms with van der Waals surface area (Å²) >= 11 is 0. The van der Waals surface area contributed by atoms with Crippen molar-refractivity contribution in [2.75, 3.05) is 0 Å².